The van der Waals surface area contributed by atoms with Gasteiger partial charge in [0.1, 0.15) is 5.78 Å². The van der Waals surface area contributed by atoms with Gasteiger partial charge in [-0.2, -0.15) is 8.78 Å². The summed E-state index contributed by atoms with van der Waals surface area (Å²) in [5.41, 5.74) is 0. The summed E-state index contributed by atoms with van der Waals surface area (Å²) in [6.07, 6.45) is 8.24. The summed E-state index contributed by atoms with van der Waals surface area (Å²) in [5.74, 6) is 2.34. The molecule has 0 bridgehead atoms. The lowest BCUT2D eigenvalue weighted by Gasteiger charge is -2.35. The second-order valence-electron chi connectivity index (χ2n) is 5.89. The summed E-state index contributed by atoms with van der Waals surface area (Å²) >= 11 is 0. The highest BCUT2D eigenvalue weighted by atomic mass is 19.3. The van der Waals surface area contributed by atoms with Crippen LogP contribution in [0, 0.1) is 17.8 Å². The SMILES string of the molecule is O=C1CCC(C2CCC(CC=C(F)F)CC2)CC1. The van der Waals surface area contributed by atoms with Gasteiger partial charge in [-0.05, 0) is 68.8 Å². The van der Waals surface area contributed by atoms with Gasteiger partial charge >= 0.3 is 0 Å². The highest BCUT2D eigenvalue weighted by Gasteiger charge is 2.29. The third-order valence-electron chi connectivity index (χ3n) is 4.75. The van der Waals surface area contributed by atoms with Gasteiger partial charge < -0.3 is 0 Å². The normalized spacial score (nSPS) is 30.2. The van der Waals surface area contributed by atoms with E-state index in [1.54, 1.807) is 0 Å². The van der Waals surface area contributed by atoms with E-state index in [0.717, 1.165) is 56.4 Å². The van der Waals surface area contributed by atoms with Gasteiger partial charge in [0.25, 0.3) is 6.08 Å². The van der Waals surface area contributed by atoms with Crippen LogP contribution < -0.4 is 0 Å². The Kier molecular flexibility index (Phi) is 4.90. The lowest BCUT2D eigenvalue weighted by Crippen LogP contribution is -2.25. The van der Waals surface area contributed by atoms with Gasteiger partial charge in [-0.25, -0.2) is 0 Å². The van der Waals surface area contributed by atoms with Crippen LogP contribution in [0.4, 0.5) is 8.78 Å². The van der Waals surface area contributed by atoms with E-state index in [-0.39, 0.29) is 0 Å². The molecule has 0 aromatic carbocycles. The zero-order chi connectivity index (χ0) is 13.0. The van der Waals surface area contributed by atoms with E-state index in [2.05, 4.69) is 0 Å². The van der Waals surface area contributed by atoms with Crippen LogP contribution in [-0.4, -0.2) is 5.78 Å². The maximum absolute atomic E-state index is 12.0. The van der Waals surface area contributed by atoms with E-state index in [1.165, 1.54) is 12.8 Å². The van der Waals surface area contributed by atoms with E-state index in [1.807, 2.05) is 0 Å². The number of hydrogen-bond acceptors (Lipinski definition) is 1. The van der Waals surface area contributed by atoms with Crippen molar-refractivity contribution in [3.63, 3.8) is 0 Å². The minimum atomic E-state index is -1.54. The maximum Gasteiger partial charge on any atom is 0.266 e. The van der Waals surface area contributed by atoms with E-state index in [9.17, 15) is 13.6 Å². The molecule has 0 spiro atoms. The van der Waals surface area contributed by atoms with E-state index in [4.69, 9.17) is 0 Å². The van der Waals surface area contributed by atoms with Crippen LogP contribution in [0.25, 0.3) is 0 Å². The quantitative estimate of drug-likeness (QED) is 0.714. The molecule has 2 saturated carbocycles. The molecular weight excluding hydrogens is 234 g/mol. The minimum Gasteiger partial charge on any atom is -0.300 e. The van der Waals surface area contributed by atoms with E-state index < -0.39 is 6.08 Å². The van der Waals surface area contributed by atoms with Gasteiger partial charge in [-0.1, -0.05) is 0 Å². The molecule has 102 valence electrons. The minimum absolute atomic E-state index is 0.420. The number of Topliss-reactive ketones (excluding diaryl/α,β-unsaturated/α-hetero) is 1. The average Bonchev–Trinajstić information content (AvgIpc) is 2.38. The first-order valence-electron chi connectivity index (χ1n) is 7.18. The smallest absolute Gasteiger partial charge is 0.266 e. The van der Waals surface area contributed by atoms with Crippen molar-refractivity contribution in [2.75, 3.05) is 0 Å². The lowest BCUT2D eigenvalue weighted by atomic mass is 9.70. The summed E-state index contributed by atoms with van der Waals surface area (Å²) in [7, 11) is 0. The number of carbonyl (C=O) groups excluding carboxylic acids is 1. The van der Waals surface area contributed by atoms with Crippen LogP contribution in [-0.2, 0) is 4.79 Å². The van der Waals surface area contributed by atoms with E-state index >= 15 is 0 Å². The Morgan fingerprint density at radius 1 is 1.00 bits per heavy atom. The molecule has 0 amide bonds. The molecule has 3 heteroatoms. The topological polar surface area (TPSA) is 17.1 Å². The Labute approximate surface area is 108 Å². The highest BCUT2D eigenvalue weighted by molar-refractivity contribution is 5.79. The van der Waals surface area contributed by atoms with Gasteiger partial charge in [0.15, 0.2) is 0 Å². The Balaban J connectivity index is 1.73. The number of halogens is 2. The summed E-state index contributed by atoms with van der Waals surface area (Å²) in [4.78, 5) is 11.2. The molecule has 2 aliphatic rings. The molecule has 0 aromatic heterocycles. The summed E-state index contributed by atoms with van der Waals surface area (Å²) in [5, 5.41) is 0. The summed E-state index contributed by atoms with van der Waals surface area (Å²) < 4.78 is 24.0. The molecule has 0 radical (unpaired) electrons. The Bertz CT molecular complexity index is 302. The van der Waals surface area contributed by atoms with Crippen molar-refractivity contribution < 1.29 is 13.6 Å². The number of rotatable bonds is 3. The molecule has 0 atom stereocenters. The van der Waals surface area contributed by atoms with Crippen molar-refractivity contribution in [2.45, 2.75) is 57.8 Å². The monoisotopic (exact) mass is 256 g/mol. The fraction of sp³-hybridized carbons (Fsp3) is 0.800. The lowest BCUT2D eigenvalue weighted by molar-refractivity contribution is -0.121. The molecule has 0 aliphatic heterocycles. The van der Waals surface area contributed by atoms with Crippen molar-refractivity contribution in [3.05, 3.63) is 12.2 Å². The van der Waals surface area contributed by atoms with Crippen LogP contribution >= 0.6 is 0 Å². The van der Waals surface area contributed by atoms with Gasteiger partial charge in [-0.3, -0.25) is 4.79 Å². The molecular formula is C15H22F2O. The van der Waals surface area contributed by atoms with Crippen molar-refractivity contribution in [1.29, 1.82) is 0 Å². The molecule has 1 nitrogen and oxygen atoms in total. The zero-order valence-corrected chi connectivity index (χ0v) is 10.8. The number of allylic oxidation sites excluding steroid dienone is 1. The van der Waals surface area contributed by atoms with Crippen molar-refractivity contribution in [2.24, 2.45) is 17.8 Å². The second-order valence-corrected chi connectivity index (χ2v) is 5.89. The molecule has 0 heterocycles. The fourth-order valence-electron chi connectivity index (χ4n) is 3.58. The third kappa shape index (κ3) is 3.89. The summed E-state index contributed by atoms with van der Waals surface area (Å²) in [6, 6.07) is 0. The Hall–Kier alpha value is -0.730. The largest absolute Gasteiger partial charge is 0.300 e. The predicted octanol–water partition coefficient (Wildman–Crippen LogP) is 4.72. The van der Waals surface area contributed by atoms with Crippen LogP contribution in [0.3, 0.4) is 0 Å². The third-order valence-corrected chi connectivity index (χ3v) is 4.75. The maximum atomic E-state index is 12.0. The van der Waals surface area contributed by atoms with Crippen LogP contribution in [0.1, 0.15) is 57.8 Å². The number of ketones is 1. The molecule has 2 fully saturated rings. The summed E-state index contributed by atoms with van der Waals surface area (Å²) in [6.45, 7) is 0. The first kappa shape index (κ1) is 13.7. The molecule has 2 aliphatic carbocycles. The van der Waals surface area contributed by atoms with Crippen LogP contribution in [0.15, 0.2) is 12.2 Å². The number of hydrogen-bond donors (Lipinski definition) is 0. The first-order valence-corrected chi connectivity index (χ1v) is 7.18. The molecule has 0 unspecified atom stereocenters. The molecule has 0 aromatic rings. The van der Waals surface area contributed by atoms with Crippen LogP contribution in [0.5, 0.6) is 0 Å². The second kappa shape index (κ2) is 6.44. The van der Waals surface area contributed by atoms with Gasteiger partial charge in [0, 0.05) is 12.8 Å². The average molecular weight is 256 g/mol. The highest BCUT2D eigenvalue weighted by Crippen LogP contribution is 2.40. The number of carbonyl (C=O) groups is 1. The molecule has 0 saturated heterocycles. The standard InChI is InChI=1S/C15H22F2O/c16-15(17)10-3-11-1-4-12(5-2-11)13-6-8-14(18)9-7-13/h10-13H,1-9H2. The molecule has 18 heavy (non-hydrogen) atoms. The predicted molar refractivity (Wildman–Crippen MR) is 67.3 cm³/mol. The van der Waals surface area contributed by atoms with Gasteiger partial charge in [0.2, 0.25) is 0 Å². The Morgan fingerprint density at radius 3 is 2.11 bits per heavy atom. The first-order chi connectivity index (χ1) is 8.65. The molecule has 0 N–H and O–H groups in total. The molecule has 2 rings (SSSR count). The zero-order valence-electron chi connectivity index (χ0n) is 10.8. The Morgan fingerprint density at radius 2 is 1.56 bits per heavy atom. The fourth-order valence-corrected chi connectivity index (χ4v) is 3.58. The van der Waals surface area contributed by atoms with Crippen molar-refractivity contribution in [1.82, 2.24) is 0 Å². The van der Waals surface area contributed by atoms with Crippen molar-refractivity contribution in [3.8, 4) is 0 Å². The van der Waals surface area contributed by atoms with E-state index in [0.29, 0.717) is 18.1 Å². The van der Waals surface area contributed by atoms with Crippen LogP contribution in [0.2, 0.25) is 0 Å². The van der Waals surface area contributed by atoms with Crippen molar-refractivity contribution >= 4 is 5.78 Å². The van der Waals surface area contributed by atoms with Gasteiger partial charge in [-0.15, -0.1) is 0 Å². The van der Waals surface area contributed by atoms with Gasteiger partial charge in [0.05, 0.1) is 0 Å².